The standard InChI is InChI=1S/C29H28N2O6.2H2O/c1-3-6-21-17-31-24(14-9-18(2)28(31)30-21)27(37-26(34)16-15-25(32)33)20-12-10-19(11-13-20)22-7-4-5-8-23(22)29(35)36;;/h4-5,7-14,17,27H,3,6,15-16H2,1-2H3,(H,32,33)(H,35,36);2*1H2. The minimum Gasteiger partial charge on any atom is -0.481 e. The fourth-order valence-corrected chi connectivity index (χ4v) is 4.32. The second kappa shape index (κ2) is 13.3. The minimum absolute atomic E-state index is 0. The lowest BCUT2D eigenvalue weighted by Crippen LogP contribution is -2.16. The Kier molecular flexibility index (Phi) is 10.5. The van der Waals surface area contributed by atoms with Crippen molar-refractivity contribution >= 4 is 23.6 Å². The zero-order chi connectivity index (χ0) is 26.5. The molecule has 2 aromatic heterocycles. The first-order valence-corrected chi connectivity index (χ1v) is 12.1. The van der Waals surface area contributed by atoms with Gasteiger partial charge in [0.05, 0.1) is 29.8 Å². The predicted molar refractivity (Wildman–Crippen MR) is 145 cm³/mol. The van der Waals surface area contributed by atoms with Gasteiger partial charge in [-0.25, -0.2) is 9.78 Å². The van der Waals surface area contributed by atoms with Crippen molar-refractivity contribution in [3.8, 4) is 11.1 Å². The molecule has 0 aliphatic rings. The van der Waals surface area contributed by atoms with E-state index in [0.717, 1.165) is 29.7 Å². The number of ether oxygens (including phenoxy) is 1. The Balaban J connectivity index is 0.00000267. The highest BCUT2D eigenvalue weighted by Gasteiger charge is 2.24. The van der Waals surface area contributed by atoms with Gasteiger partial charge in [-0.15, -0.1) is 0 Å². The summed E-state index contributed by atoms with van der Waals surface area (Å²) in [5, 5.41) is 18.6. The molecule has 10 heteroatoms. The van der Waals surface area contributed by atoms with Crippen LogP contribution in [0.1, 0.15) is 65.2 Å². The number of pyridine rings is 1. The summed E-state index contributed by atoms with van der Waals surface area (Å²) in [5.74, 6) is -2.73. The summed E-state index contributed by atoms with van der Waals surface area (Å²) < 4.78 is 7.77. The van der Waals surface area contributed by atoms with Crippen LogP contribution in [-0.4, -0.2) is 48.5 Å². The Hall–Kier alpha value is -4.54. The van der Waals surface area contributed by atoms with Crippen LogP contribution in [0.3, 0.4) is 0 Å². The molecule has 0 fully saturated rings. The van der Waals surface area contributed by atoms with Gasteiger partial charge in [0.15, 0.2) is 6.10 Å². The van der Waals surface area contributed by atoms with Crippen LogP contribution in [0.2, 0.25) is 0 Å². The maximum absolute atomic E-state index is 12.6. The number of aliphatic carboxylic acids is 1. The largest absolute Gasteiger partial charge is 0.481 e. The lowest BCUT2D eigenvalue weighted by Gasteiger charge is -2.21. The highest BCUT2D eigenvalue weighted by molar-refractivity contribution is 5.96. The second-order valence-electron chi connectivity index (χ2n) is 8.85. The summed E-state index contributed by atoms with van der Waals surface area (Å²) in [6.07, 6.45) is 2.28. The molecule has 0 aliphatic carbocycles. The fraction of sp³-hybridized carbons (Fsp3) is 0.241. The highest BCUT2D eigenvalue weighted by atomic mass is 16.5. The van der Waals surface area contributed by atoms with E-state index < -0.39 is 24.0 Å². The zero-order valence-corrected chi connectivity index (χ0v) is 21.7. The van der Waals surface area contributed by atoms with Gasteiger partial charge in [0.1, 0.15) is 5.65 Å². The summed E-state index contributed by atoms with van der Waals surface area (Å²) in [6, 6.07) is 17.7. The fourth-order valence-electron chi connectivity index (χ4n) is 4.32. The molecule has 0 amide bonds. The van der Waals surface area contributed by atoms with E-state index in [4.69, 9.17) is 14.8 Å². The third-order valence-corrected chi connectivity index (χ3v) is 6.14. The summed E-state index contributed by atoms with van der Waals surface area (Å²) in [6.45, 7) is 4.04. The van der Waals surface area contributed by atoms with Crippen molar-refractivity contribution in [3.63, 3.8) is 0 Å². The number of hydrogen-bond acceptors (Lipinski definition) is 5. The Bertz CT molecular complexity index is 1460. The topological polar surface area (TPSA) is 181 Å². The Morgan fingerprint density at radius 3 is 2.28 bits per heavy atom. The van der Waals surface area contributed by atoms with E-state index in [9.17, 15) is 19.5 Å². The van der Waals surface area contributed by atoms with Gasteiger partial charge >= 0.3 is 17.9 Å². The molecule has 0 saturated carbocycles. The molecule has 0 aliphatic heterocycles. The van der Waals surface area contributed by atoms with Crippen molar-refractivity contribution in [1.82, 2.24) is 9.38 Å². The Morgan fingerprint density at radius 1 is 0.949 bits per heavy atom. The van der Waals surface area contributed by atoms with Crippen molar-refractivity contribution in [2.45, 2.75) is 45.6 Å². The number of aromatic nitrogens is 2. The van der Waals surface area contributed by atoms with E-state index >= 15 is 0 Å². The smallest absolute Gasteiger partial charge is 0.336 e. The van der Waals surface area contributed by atoms with Crippen molar-refractivity contribution in [2.24, 2.45) is 0 Å². The average Bonchev–Trinajstić information content (AvgIpc) is 3.32. The van der Waals surface area contributed by atoms with E-state index in [-0.39, 0.29) is 29.4 Å². The van der Waals surface area contributed by atoms with Gasteiger partial charge in [0.2, 0.25) is 0 Å². The van der Waals surface area contributed by atoms with Crippen LogP contribution in [0.25, 0.3) is 16.8 Å². The normalized spacial score (nSPS) is 11.2. The molecule has 0 spiro atoms. The maximum atomic E-state index is 12.6. The van der Waals surface area contributed by atoms with Gasteiger partial charge in [-0.05, 0) is 47.7 Å². The first-order valence-electron chi connectivity index (χ1n) is 12.1. The summed E-state index contributed by atoms with van der Waals surface area (Å²) in [4.78, 5) is 40.1. The van der Waals surface area contributed by atoms with Gasteiger partial charge in [-0.1, -0.05) is 61.9 Å². The zero-order valence-electron chi connectivity index (χ0n) is 21.7. The molecular weight excluding hydrogens is 504 g/mol. The number of rotatable bonds is 10. The van der Waals surface area contributed by atoms with Gasteiger partial charge < -0.3 is 25.9 Å². The van der Waals surface area contributed by atoms with E-state index in [1.165, 1.54) is 0 Å². The molecular formula is C29H32N2O8. The van der Waals surface area contributed by atoms with Crippen LogP contribution in [0, 0.1) is 6.92 Å². The monoisotopic (exact) mass is 536 g/mol. The molecule has 1 atom stereocenters. The molecule has 206 valence electrons. The molecule has 0 radical (unpaired) electrons. The van der Waals surface area contributed by atoms with Crippen molar-refractivity contribution < 1.29 is 40.3 Å². The summed E-state index contributed by atoms with van der Waals surface area (Å²) in [5.41, 5.74) is 5.48. The quantitative estimate of drug-likeness (QED) is 0.289. The number of imidazole rings is 1. The number of carbonyl (C=O) groups is 3. The van der Waals surface area contributed by atoms with Gasteiger partial charge in [0, 0.05) is 6.20 Å². The third-order valence-electron chi connectivity index (χ3n) is 6.14. The summed E-state index contributed by atoms with van der Waals surface area (Å²) in [7, 11) is 0. The van der Waals surface area contributed by atoms with Gasteiger partial charge in [0.25, 0.3) is 0 Å². The number of hydrogen-bond donors (Lipinski definition) is 2. The first-order chi connectivity index (χ1) is 17.8. The number of carboxylic acids is 2. The SMILES string of the molecule is CCCc1cn2c(C(OC(=O)CCC(=O)O)c3ccc(-c4ccccc4C(=O)O)cc3)ccc(C)c2n1.O.O. The van der Waals surface area contributed by atoms with E-state index in [2.05, 4.69) is 6.92 Å². The first kappa shape index (κ1) is 30.7. The van der Waals surface area contributed by atoms with Crippen LogP contribution in [0.4, 0.5) is 0 Å². The predicted octanol–water partition coefficient (Wildman–Crippen LogP) is 3.81. The molecule has 0 saturated heterocycles. The minimum atomic E-state index is -1.08. The Morgan fingerprint density at radius 2 is 1.64 bits per heavy atom. The number of nitrogens with zero attached hydrogens (tertiary/aromatic N) is 2. The van der Waals surface area contributed by atoms with E-state index in [0.29, 0.717) is 22.4 Å². The van der Waals surface area contributed by atoms with E-state index in [1.54, 1.807) is 48.5 Å². The number of aryl methyl sites for hydroxylation is 2. The van der Waals surface area contributed by atoms with Crippen LogP contribution in [0.15, 0.2) is 66.9 Å². The molecule has 10 nitrogen and oxygen atoms in total. The molecule has 2 heterocycles. The number of benzene rings is 2. The molecule has 4 aromatic rings. The number of carbonyl (C=O) groups excluding carboxylic acids is 1. The summed E-state index contributed by atoms with van der Waals surface area (Å²) >= 11 is 0. The van der Waals surface area contributed by atoms with Gasteiger partial charge in [-0.3, -0.25) is 14.0 Å². The Labute approximate surface area is 225 Å². The highest BCUT2D eigenvalue weighted by Crippen LogP contribution is 2.32. The lowest BCUT2D eigenvalue weighted by atomic mass is 9.96. The molecule has 4 rings (SSSR count). The molecule has 0 bridgehead atoms. The number of esters is 1. The molecule has 2 aromatic carbocycles. The molecule has 39 heavy (non-hydrogen) atoms. The number of aromatic carboxylic acids is 1. The van der Waals surface area contributed by atoms with Crippen molar-refractivity contribution in [3.05, 3.63) is 94.9 Å². The average molecular weight is 537 g/mol. The molecule has 6 N–H and O–H groups in total. The van der Waals surface area contributed by atoms with Crippen LogP contribution in [0.5, 0.6) is 0 Å². The number of fused-ring (bicyclic) bond motifs is 1. The van der Waals surface area contributed by atoms with Crippen molar-refractivity contribution in [2.75, 3.05) is 0 Å². The van der Waals surface area contributed by atoms with Crippen LogP contribution < -0.4 is 0 Å². The van der Waals surface area contributed by atoms with Gasteiger partial charge in [-0.2, -0.15) is 0 Å². The number of carboxylic acid groups (broad SMARTS) is 2. The van der Waals surface area contributed by atoms with Crippen LogP contribution >= 0.6 is 0 Å². The van der Waals surface area contributed by atoms with E-state index in [1.807, 2.05) is 29.7 Å². The maximum Gasteiger partial charge on any atom is 0.336 e. The van der Waals surface area contributed by atoms with Crippen molar-refractivity contribution in [1.29, 1.82) is 0 Å². The van der Waals surface area contributed by atoms with Crippen LogP contribution in [-0.2, 0) is 20.7 Å². The second-order valence-corrected chi connectivity index (χ2v) is 8.85. The molecule has 1 unspecified atom stereocenters. The third kappa shape index (κ3) is 6.86. The lowest BCUT2D eigenvalue weighted by molar-refractivity contribution is -0.150.